The van der Waals surface area contributed by atoms with E-state index in [0.29, 0.717) is 12.0 Å². The second kappa shape index (κ2) is 6.29. The predicted molar refractivity (Wildman–Crippen MR) is 79.4 cm³/mol. The number of esters is 2. The van der Waals surface area contributed by atoms with Gasteiger partial charge in [-0.2, -0.15) is 0 Å². The van der Waals surface area contributed by atoms with E-state index < -0.39 is 6.10 Å². The molecule has 0 spiro atoms. The molecule has 1 aliphatic carbocycles. The van der Waals surface area contributed by atoms with Crippen LogP contribution >= 0.6 is 0 Å². The third-order valence-corrected chi connectivity index (χ3v) is 3.98. The molecule has 4 nitrogen and oxygen atoms in total. The molecule has 1 heterocycles. The SMILES string of the molecule is C=C1C(=O)O[C@H]2CC(C)=CCC/C(C)=C\[C@@H](OC(C)=O)[C@H]12. The van der Waals surface area contributed by atoms with E-state index in [1.807, 2.05) is 19.9 Å². The maximum Gasteiger partial charge on any atom is 0.334 e. The van der Waals surface area contributed by atoms with E-state index in [0.717, 1.165) is 18.4 Å². The lowest BCUT2D eigenvalue weighted by Gasteiger charge is -2.26. The van der Waals surface area contributed by atoms with Crippen LogP contribution in [0.25, 0.3) is 0 Å². The van der Waals surface area contributed by atoms with E-state index in [-0.39, 0.29) is 24.0 Å². The van der Waals surface area contributed by atoms with Gasteiger partial charge in [0.25, 0.3) is 0 Å². The van der Waals surface area contributed by atoms with Crippen molar-refractivity contribution in [3.63, 3.8) is 0 Å². The highest BCUT2D eigenvalue weighted by Gasteiger charge is 2.44. The third kappa shape index (κ3) is 3.63. The van der Waals surface area contributed by atoms with Gasteiger partial charge in [0.1, 0.15) is 12.2 Å². The zero-order chi connectivity index (χ0) is 15.6. The van der Waals surface area contributed by atoms with Crippen LogP contribution in [-0.4, -0.2) is 24.1 Å². The van der Waals surface area contributed by atoms with Gasteiger partial charge in [0.2, 0.25) is 0 Å². The van der Waals surface area contributed by atoms with Crippen molar-refractivity contribution < 1.29 is 19.1 Å². The molecule has 0 aromatic rings. The first-order valence-electron chi connectivity index (χ1n) is 7.28. The van der Waals surface area contributed by atoms with Crippen LogP contribution in [0, 0.1) is 5.92 Å². The first kappa shape index (κ1) is 15.5. The number of rotatable bonds is 1. The lowest BCUT2D eigenvalue weighted by atomic mass is 9.85. The Balaban J connectivity index is 2.39. The van der Waals surface area contributed by atoms with Crippen LogP contribution in [0.3, 0.4) is 0 Å². The third-order valence-electron chi connectivity index (χ3n) is 3.98. The topological polar surface area (TPSA) is 52.6 Å². The monoisotopic (exact) mass is 290 g/mol. The van der Waals surface area contributed by atoms with Gasteiger partial charge in [0, 0.05) is 18.9 Å². The smallest absolute Gasteiger partial charge is 0.334 e. The predicted octanol–water partition coefficient (Wildman–Crippen LogP) is 3.09. The fraction of sp³-hybridized carbons (Fsp3) is 0.529. The standard InChI is InChI=1S/C17H22O4/c1-10-6-5-7-11(2)9-15-16(12(3)17(19)21-15)14(8-10)20-13(4)18/h7-8,14-16H,3,5-6,9H2,1-2,4H3/b10-8-,11-7?/t14-,15+,16+/m1/s1. The van der Waals surface area contributed by atoms with E-state index >= 15 is 0 Å². The van der Waals surface area contributed by atoms with E-state index in [9.17, 15) is 9.59 Å². The van der Waals surface area contributed by atoms with Gasteiger partial charge in [-0.05, 0) is 32.8 Å². The molecule has 4 heteroatoms. The Morgan fingerprint density at radius 1 is 1.38 bits per heavy atom. The molecule has 0 aromatic carbocycles. The van der Waals surface area contributed by atoms with Gasteiger partial charge in [-0.3, -0.25) is 4.79 Å². The summed E-state index contributed by atoms with van der Waals surface area (Å²) in [4.78, 5) is 23.2. The van der Waals surface area contributed by atoms with Gasteiger partial charge in [-0.15, -0.1) is 0 Å². The van der Waals surface area contributed by atoms with Crippen molar-refractivity contribution in [1.82, 2.24) is 0 Å². The van der Waals surface area contributed by atoms with Gasteiger partial charge in [0.05, 0.1) is 5.92 Å². The summed E-state index contributed by atoms with van der Waals surface area (Å²) in [5.74, 6) is -1.06. The molecule has 114 valence electrons. The van der Waals surface area contributed by atoms with Crippen molar-refractivity contribution in [1.29, 1.82) is 0 Å². The van der Waals surface area contributed by atoms with Crippen molar-refractivity contribution in [2.24, 2.45) is 5.92 Å². The number of carbonyl (C=O) groups excluding carboxylic acids is 2. The lowest BCUT2D eigenvalue weighted by molar-refractivity contribution is -0.147. The minimum Gasteiger partial charge on any atom is -0.458 e. The summed E-state index contributed by atoms with van der Waals surface area (Å²) < 4.78 is 10.9. The van der Waals surface area contributed by atoms with Crippen LogP contribution < -0.4 is 0 Å². The molecule has 1 fully saturated rings. The molecule has 1 aliphatic heterocycles. The highest BCUT2D eigenvalue weighted by atomic mass is 16.6. The number of allylic oxidation sites excluding steroid dienone is 2. The largest absolute Gasteiger partial charge is 0.458 e. The van der Waals surface area contributed by atoms with Gasteiger partial charge < -0.3 is 9.47 Å². The molecule has 0 aromatic heterocycles. The normalized spacial score (nSPS) is 32.4. The molecule has 0 unspecified atom stereocenters. The molecule has 2 aliphatic rings. The summed E-state index contributed by atoms with van der Waals surface area (Å²) in [6.45, 7) is 9.26. The van der Waals surface area contributed by atoms with Crippen LogP contribution in [0.4, 0.5) is 0 Å². The maximum absolute atomic E-state index is 11.9. The number of carbonyl (C=O) groups is 2. The highest BCUT2D eigenvalue weighted by molar-refractivity contribution is 5.91. The van der Waals surface area contributed by atoms with Gasteiger partial charge in [-0.1, -0.05) is 23.8 Å². The Morgan fingerprint density at radius 3 is 2.76 bits per heavy atom. The van der Waals surface area contributed by atoms with Crippen molar-refractivity contribution in [2.45, 2.75) is 52.2 Å². The van der Waals surface area contributed by atoms with E-state index in [1.54, 1.807) is 0 Å². The summed E-state index contributed by atoms with van der Waals surface area (Å²) in [6, 6.07) is 0. The average molecular weight is 290 g/mol. The molecule has 3 atom stereocenters. The van der Waals surface area contributed by atoms with E-state index in [4.69, 9.17) is 9.47 Å². The molecule has 0 bridgehead atoms. The second-order valence-corrected chi connectivity index (χ2v) is 5.88. The fourth-order valence-corrected chi connectivity index (χ4v) is 2.94. The van der Waals surface area contributed by atoms with Gasteiger partial charge >= 0.3 is 11.9 Å². The Morgan fingerprint density at radius 2 is 2.10 bits per heavy atom. The minimum absolute atomic E-state index is 0.308. The van der Waals surface area contributed by atoms with Crippen LogP contribution in [0.2, 0.25) is 0 Å². The van der Waals surface area contributed by atoms with Crippen LogP contribution in [0.5, 0.6) is 0 Å². The second-order valence-electron chi connectivity index (χ2n) is 5.88. The Bertz CT molecular complexity index is 527. The van der Waals surface area contributed by atoms with Crippen LogP contribution in [-0.2, 0) is 19.1 Å². The molecule has 0 amide bonds. The number of fused-ring (bicyclic) bond motifs is 1. The van der Waals surface area contributed by atoms with Crippen LogP contribution in [0.15, 0.2) is 35.5 Å². The van der Waals surface area contributed by atoms with Crippen LogP contribution in [0.1, 0.15) is 40.0 Å². The Labute approximate surface area is 125 Å². The highest BCUT2D eigenvalue weighted by Crippen LogP contribution is 2.36. The lowest BCUT2D eigenvalue weighted by Crippen LogP contribution is -2.32. The van der Waals surface area contributed by atoms with Gasteiger partial charge in [-0.25, -0.2) is 4.79 Å². The van der Waals surface area contributed by atoms with Gasteiger partial charge in [0.15, 0.2) is 0 Å². The molecular weight excluding hydrogens is 268 g/mol. The molecule has 1 saturated heterocycles. The maximum atomic E-state index is 11.9. The number of hydrogen-bond acceptors (Lipinski definition) is 4. The number of ether oxygens (including phenoxy) is 2. The van der Waals surface area contributed by atoms with Crippen molar-refractivity contribution in [2.75, 3.05) is 0 Å². The fourth-order valence-electron chi connectivity index (χ4n) is 2.94. The van der Waals surface area contributed by atoms with E-state index in [2.05, 4.69) is 12.7 Å². The van der Waals surface area contributed by atoms with Crippen molar-refractivity contribution >= 4 is 11.9 Å². The zero-order valence-corrected chi connectivity index (χ0v) is 12.8. The molecule has 2 rings (SSSR count). The summed E-state index contributed by atoms with van der Waals surface area (Å²) in [5, 5.41) is 0. The summed E-state index contributed by atoms with van der Waals surface area (Å²) in [7, 11) is 0. The molecular formula is C17H22O4. The molecule has 21 heavy (non-hydrogen) atoms. The summed E-state index contributed by atoms with van der Waals surface area (Å²) >= 11 is 0. The Hall–Kier alpha value is -1.84. The quantitative estimate of drug-likeness (QED) is 0.423. The Kier molecular flexibility index (Phi) is 4.66. The first-order chi connectivity index (χ1) is 9.88. The molecule has 0 saturated carbocycles. The minimum atomic E-state index is -0.489. The van der Waals surface area contributed by atoms with Crippen molar-refractivity contribution in [3.05, 3.63) is 35.5 Å². The summed E-state index contributed by atoms with van der Waals surface area (Å²) in [6.07, 6.45) is 5.81. The molecule has 0 N–H and O–H groups in total. The zero-order valence-electron chi connectivity index (χ0n) is 12.8. The van der Waals surface area contributed by atoms with Crippen molar-refractivity contribution in [3.8, 4) is 0 Å². The summed E-state index contributed by atoms with van der Waals surface area (Å²) in [5.41, 5.74) is 2.71. The molecule has 0 radical (unpaired) electrons. The first-order valence-corrected chi connectivity index (χ1v) is 7.28. The number of hydrogen-bond donors (Lipinski definition) is 0. The average Bonchev–Trinajstić information content (AvgIpc) is 2.62. The van der Waals surface area contributed by atoms with E-state index in [1.165, 1.54) is 12.5 Å².